The van der Waals surface area contributed by atoms with Crippen LogP contribution in [0.1, 0.15) is 25.3 Å². The summed E-state index contributed by atoms with van der Waals surface area (Å²) in [4.78, 5) is 22.1. The van der Waals surface area contributed by atoms with Crippen LogP contribution in [0.2, 0.25) is 0 Å². The van der Waals surface area contributed by atoms with Crippen LogP contribution in [0, 0.1) is 0 Å². The summed E-state index contributed by atoms with van der Waals surface area (Å²) in [6, 6.07) is 9.43. The first-order valence-electron chi connectivity index (χ1n) is 4.82. The molecule has 3 nitrogen and oxygen atoms in total. The Morgan fingerprint density at radius 2 is 1.87 bits per heavy atom. The Balaban J connectivity index is 2.57. The molecule has 0 saturated heterocycles. The van der Waals surface area contributed by atoms with Crippen molar-refractivity contribution in [3.8, 4) is 0 Å². The molecule has 0 amide bonds. The molecule has 0 fully saturated rings. The lowest BCUT2D eigenvalue weighted by atomic mass is 9.97. The van der Waals surface area contributed by atoms with Crippen LogP contribution < -0.4 is 0 Å². The molecule has 1 atom stereocenters. The van der Waals surface area contributed by atoms with Gasteiger partial charge in [-0.25, -0.2) is 0 Å². The van der Waals surface area contributed by atoms with Gasteiger partial charge < -0.3 is 4.74 Å². The fourth-order valence-corrected chi connectivity index (χ4v) is 1.23. The van der Waals surface area contributed by atoms with E-state index in [1.165, 1.54) is 6.92 Å². The quantitative estimate of drug-likeness (QED) is 0.707. The first-order chi connectivity index (χ1) is 7.11. The highest BCUT2D eigenvalue weighted by atomic mass is 16.5. The standard InChI is InChI=1S/C12H14O3/c1-9(11-6-4-3-5-7-11)12(14)8-15-10(2)13/h3-7,9H,8H2,1-2H3. The molecule has 1 aromatic carbocycles. The largest absolute Gasteiger partial charge is 0.458 e. The number of carbonyl (C=O) groups excluding carboxylic acids is 2. The van der Waals surface area contributed by atoms with E-state index in [4.69, 9.17) is 0 Å². The molecule has 1 unspecified atom stereocenters. The van der Waals surface area contributed by atoms with Crippen molar-refractivity contribution in [2.45, 2.75) is 19.8 Å². The summed E-state index contributed by atoms with van der Waals surface area (Å²) < 4.78 is 4.66. The maximum Gasteiger partial charge on any atom is 0.303 e. The number of esters is 1. The first kappa shape index (κ1) is 11.4. The minimum atomic E-state index is -0.427. The number of hydrogen-bond donors (Lipinski definition) is 0. The third-order valence-corrected chi connectivity index (χ3v) is 2.20. The van der Waals surface area contributed by atoms with Crippen molar-refractivity contribution in [1.82, 2.24) is 0 Å². The molecule has 0 saturated carbocycles. The van der Waals surface area contributed by atoms with Crippen molar-refractivity contribution in [2.24, 2.45) is 0 Å². The van der Waals surface area contributed by atoms with Gasteiger partial charge in [0.05, 0.1) is 0 Å². The van der Waals surface area contributed by atoms with E-state index in [0.717, 1.165) is 5.56 Å². The normalized spacial score (nSPS) is 11.9. The maximum absolute atomic E-state index is 11.6. The fourth-order valence-electron chi connectivity index (χ4n) is 1.23. The molecule has 1 aromatic rings. The van der Waals surface area contributed by atoms with E-state index in [0.29, 0.717) is 0 Å². The van der Waals surface area contributed by atoms with Gasteiger partial charge in [0.15, 0.2) is 12.4 Å². The Morgan fingerprint density at radius 1 is 1.27 bits per heavy atom. The van der Waals surface area contributed by atoms with Crippen LogP contribution in [0.15, 0.2) is 30.3 Å². The molecule has 0 heterocycles. The molecule has 0 aliphatic carbocycles. The van der Waals surface area contributed by atoms with Gasteiger partial charge in [-0.3, -0.25) is 9.59 Å². The van der Waals surface area contributed by atoms with E-state index < -0.39 is 5.97 Å². The van der Waals surface area contributed by atoms with Crippen LogP contribution in [-0.4, -0.2) is 18.4 Å². The van der Waals surface area contributed by atoms with Gasteiger partial charge in [0, 0.05) is 12.8 Å². The number of ether oxygens (including phenoxy) is 1. The summed E-state index contributed by atoms with van der Waals surface area (Å²) in [7, 11) is 0. The third-order valence-electron chi connectivity index (χ3n) is 2.20. The Hall–Kier alpha value is -1.64. The topological polar surface area (TPSA) is 43.4 Å². The molecular weight excluding hydrogens is 192 g/mol. The monoisotopic (exact) mass is 206 g/mol. The van der Waals surface area contributed by atoms with Crippen molar-refractivity contribution in [1.29, 1.82) is 0 Å². The zero-order chi connectivity index (χ0) is 11.3. The molecular formula is C12H14O3. The van der Waals surface area contributed by atoms with Gasteiger partial charge in [0.1, 0.15) is 0 Å². The first-order valence-corrected chi connectivity index (χ1v) is 4.82. The predicted molar refractivity (Wildman–Crippen MR) is 56.5 cm³/mol. The van der Waals surface area contributed by atoms with E-state index in [1.807, 2.05) is 30.3 Å². The molecule has 0 aliphatic heterocycles. The highest BCUT2D eigenvalue weighted by Crippen LogP contribution is 2.15. The van der Waals surface area contributed by atoms with Crippen molar-refractivity contribution >= 4 is 11.8 Å². The number of benzene rings is 1. The van der Waals surface area contributed by atoms with E-state index >= 15 is 0 Å². The Kier molecular flexibility index (Phi) is 4.03. The SMILES string of the molecule is CC(=O)OCC(=O)C(C)c1ccccc1. The summed E-state index contributed by atoms with van der Waals surface area (Å²) >= 11 is 0. The number of ketones is 1. The van der Waals surface area contributed by atoms with Crippen LogP contribution in [-0.2, 0) is 14.3 Å². The van der Waals surface area contributed by atoms with Crippen LogP contribution in [0.5, 0.6) is 0 Å². The van der Waals surface area contributed by atoms with Gasteiger partial charge in [0.2, 0.25) is 0 Å². The van der Waals surface area contributed by atoms with E-state index in [-0.39, 0.29) is 18.3 Å². The molecule has 0 aliphatic rings. The van der Waals surface area contributed by atoms with Crippen LogP contribution in [0.25, 0.3) is 0 Å². The number of rotatable bonds is 4. The highest BCUT2D eigenvalue weighted by Gasteiger charge is 2.15. The second kappa shape index (κ2) is 5.29. The Morgan fingerprint density at radius 3 is 2.40 bits per heavy atom. The second-order valence-electron chi connectivity index (χ2n) is 3.38. The smallest absolute Gasteiger partial charge is 0.303 e. The Bertz CT molecular complexity index is 343. The molecule has 15 heavy (non-hydrogen) atoms. The molecule has 0 radical (unpaired) electrons. The van der Waals surface area contributed by atoms with Crippen LogP contribution in [0.3, 0.4) is 0 Å². The molecule has 0 N–H and O–H groups in total. The number of hydrogen-bond acceptors (Lipinski definition) is 3. The van der Waals surface area contributed by atoms with Gasteiger partial charge in [-0.05, 0) is 5.56 Å². The van der Waals surface area contributed by atoms with Gasteiger partial charge in [-0.1, -0.05) is 37.3 Å². The van der Waals surface area contributed by atoms with Crippen LogP contribution in [0.4, 0.5) is 0 Å². The molecule has 0 aromatic heterocycles. The van der Waals surface area contributed by atoms with Gasteiger partial charge in [0.25, 0.3) is 0 Å². The third kappa shape index (κ3) is 3.54. The highest BCUT2D eigenvalue weighted by molar-refractivity contribution is 5.87. The number of carbonyl (C=O) groups is 2. The minimum Gasteiger partial charge on any atom is -0.458 e. The molecule has 3 heteroatoms. The van der Waals surface area contributed by atoms with Crippen molar-refractivity contribution in [3.05, 3.63) is 35.9 Å². The molecule has 0 spiro atoms. The molecule has 1 rings (SSSR count). The average molecular weight is 206 g/mol. The molecule has 80 valence electrons. The van der Waals surface area contributed by atoms with Gasteiger partial charge in [-0.2, -0.15) is 0 Å². The maximum atomic E-state index is 11.6. The van der Waals surface area contributed by atoms with E-state index in [2.05, 4.69) is 4.74 Å². The minimum absolute atomic E-state index is 0.0867. The summed E-state index contributed by atoms with van der Waals surface area (Å²) in [5.41, 5.74) is 0.939. The van der Waals surface area contributed by atoms with Gasteiger partial charge in [-0.15, -0.1) is 0 Å². The van der Waals surface area contributed by atoms with Gasteiger partial charge >= 0.3 is 5.97 Å². The predicted octanol–water partition coefficient (Wildman–Crippen LogP) is 1.92. The molecule has 0 bridgehead atoms. The zero-order valence-electron chi connectivity index (χ0n) is 8.90. The second-order valence-corrected chi connectivity index (χ2v) is 3.38. The zero-order valence-corrected chi connectivity index (χ0v) is 8.90. The number of Topliss-reactive ketones (excluding diaryl/α,β-unsaturated/α-hetero) is 1. The lowest BCUT2D eigenvalue weighted by Gasteiger charge is -2.10. The van der Waals surface area contributed by atoms with Crippen LogP contribution >= 0.6 is 0 Å². The lowest BCUT2D eigenvalue weighted by Crippen LogP contribution is -2.17. The van der Waals surface area contributed by atoms with E-state index in [9.17, 15) is 9.59 Å². The Labute approximate surface area is 89.1 Å². The van der Waals surface area contributed by atoms with Crippen molar-refractivity contribution in [2.75, 3.05) is 6.61 Å². The summed E-state index contributed by atoms with van der Waals surface area (Å²) in [6.07, 6.45) is 0. The summed E-state index contributed by atoms with van der Waals surface area (Å²) in [6.45, 7) is 2.95. The summed E-state index contributed by atoms with van der Waals surface area (Å²) in [5.74, 6) is -0.745. The average Bonchev–Trinajstić information content (AvgIpc) is 2.26. The lowest BCUT2D eigenvalue weighted by molar-refractivity contribution is -0.146. The van der Waals surface area contributed by atoms with E-state index in [1.54, 1.807) is 6.92 Å². The van der Waals surface area contributed by atoms with Crippen molar-refractivity contribution < 1.29 is 14.3 Å². The fraction of sp³-hybridized carbons (Fsp3) is 0.333. The van der Waals surface area contributed by atoms with Crippen molar-refractivity contribution in [3.63, 3.8) is 0 Å². The summed E-state index contributed by atoms with van der Waals surface area (Å²) in [5, 5.41) is 0.